The van der Waals surface area contributed by atoms with Crippen LogP contribution in [0.1, 0.15) is 21.5 Å². The molecule has 0 unspecified atom stereocenters. The third-order valence-corrected chi connectivity index (χ3v) is 4.34. The summed E-state index contributed by atoms with van der Waals surface area (Å²) >= 11 is 0. The molecule has 8 nitrogen and oxygen atoms in total. The lowest BCUT2D eigenvalue weighted by Gasteiger charge is -2.06. The molecule has 0 spiro atoms. The summed E-state index contributed by atoms with van der Waals surface area (Å²) in [6.07, 6.45) is 1.41. The van der Waals surface area contributed by atoms with Crippen LogP contribution >= 0.6 is 0 Å². The Kier molecular flexibility index (Phi) is 6.73. The van der Waals surface area contributed by atoms with Crippen molar-refractivity contribution in [2.45, 2.75) is 6.92 Å². The number of nitro groups is 1. The highest BCUT2D eigenvalue weighted by Crippen LogP contribution is 2.19. The first kappa shape index (κ1) is 21.9. The third-order valence-electron chi connectivity index (χ3n) is 4.34. The van der Waals surface area contributed by atoms with E-state index in [4.69, 9.17) is 4.74 Å². The first-order valence-corrected chi connectivity index (χ1v) is 9.42. The molecule has 3 aromatic carbocycles. The number of hydrogen-bond acceptors (Lipinski definition) is 6. The Morgan fingerprint density at radius 3 is 2.44 bits per heavy atom. The molecular weight excluding hydrogens is 410 g/mol. The molecule has 0 heterocycles. The van der Waals surface area contributed by atoms with Gasteiger partial charge in [0.15, 0.2) is 0 Å². The van der Waals surface area contributed by atoms with Crippen LogP contribution in [-0.2, 0) is 4.79 Å². The number of nitrogens with zero attached hydrogens (tertiary/aromatic N) is 2. The number of nitrogens with one attached hydrogen (secondary N) is 1. The maximum Gasteiger partial charge on any atom is 0.343 e. The molecule has 0 fully saturated rings. The van der Waals surface area contributed by atoms with Gasteiger partial charge in [-0.15, -0.1) is 0 Å². The van der Waals surface area contributed by atoms with E-state index < -0.39 is 16.8 Å². The zero-order chi connectivity index (χ0) is 23.1. The minimum absolute atomic E-state index is 0.0442. The summed E-state index contributed by atoms with van der Waals surface area (Å²) in [6.45, 7) is 1.89. The van der Waals surface area contributed by atoms with Crippen molar-refractivity contribution in [1.29, 1.82) is 5.26 Å². The number of amides is 1. The Hall–Kier alpha value is -4.77. The van der Waals surface area contributed by atoms with E-state index in [2.05, 4.69) is 5.32 Å². The number of benzene rings is 3. The molecule has 1 amide bonds. The molecule has 0 radical (unpaired) electrons. The van der Waals surface area contributed by atoms with Gasteiger partial charge in [-0.25, -0.2) is 4.79 Å². The highest BCUT2D eigenvalue weighted by molar-refractivity contribution is 6.09. The van der Waals surface area contributed by atoms with Crippen molar-refractivity contribution in [3.8, 4) is 11.8 Å². The van der Waals surface area contributed by atoms with Crippen molar-refractivity contribution < 1.29 is 19.2 Å². The first-order chi connectivity index (χ1) is 15.4. The SMILES string of the molecule is Cc1cccc(NC(=O)/C(C#N)=C/c2ccc(OC(=O)c3cccc([N+](=O)[O-])c3)cc2)c1. The zero-order valence-corrected chi connectivity index (χ0v) is 16.9. The average molecular weight is 427 g/mol. The highest BCUT2D eigenvalue weighted by Gasteiger charge is 2.14. The molecule has 0 aliphatic rings. The topological polar surface area (TPSA) is 122 Å². The summed E-state index contributed by atoms with van der Waals surface area (Å²) in [6, 6.07) is 20.4. The minimum Gasteiger partial charge on any atom is -0.423 e. The number of rotatable bonds is 6. The monoisotopic (exact) mass is 427 g/mol. The minimum atomic E-state index is -0.743. The van der Waals surface area contributed by atoms with Crippen LogP contribution in [0, 0.1) is 28.4 Å². The molecule has 0 aromatic heterocycles. The van der Waals surface area contributed by atoms with Crippen molar-refractivity contribution in [2.75, 3.05) is 5.32 Å². The van der Waals surface area contributed by atoms with Gasteiger partial charge in [0, 0.05) is 17.8 Å². The van der Waals surface area contributed by atoms with E-state index in [1.54, 1.807) is 30.3 Å². The Morgan fingerprint density at radius 2 is 1.78 bits per heavy atom. The lowest BCUT2D eigenvalue weighted by atomic mass is 10.1. The predicted molar refractivity (Wildman–Crippen MR) is 118 cm³/mol. The molecule has 0 saturated heterocycles. The van der Waals surface area contributed by atoms with Crippen molar-refractivity contribution in [3.63, 3.8) is 0 Å². The van der Waals surface area contributed by atoms with Gasteiger partial charge in [0.05, 0.1) is 10.5 Å². The van der Waals surface area contributed by atoms with Crippen LogP contribution < -0.4 is 10.1 Å². The van der Waals surface area contributed by atoms with Crippen LogP contribution in [0.15, 0.2) is 78.4 Å². The van der Waals surface area contributed by atoms with E-state index in [9.17, 15) is 25.0 Å². The molecule has 0 atom stereocenters. The van der Waals surface area contributed by atoms with Crippen molar-refractivity contribution in [3.05, 3.63) is 105 Å². The van der Waals surface area contributed by atoms with Gasteiger partial charge in [0.2, 0.25) is 0 Å². The Bertz CT molecular complexity index is 1260. The van der Waals surface area contributed by atoms with Crippen LogP contribution in [0.3, 0.4) is 0 Å². The number of nitro benzene ring substituents is 1. The summed E-state index contributed by atoms with van der Waals surface area (Å²) in [7, 11) is 0. The van der Waals surface area contributed by atoms with Crippen LogP contribution in [0.4, 0.5) is 11.4 Å². The maximum absolute atomic E-state index is 12.4. The third kappa shape index (κ3) is 5.64. The van der Waals surface area contributed by atoms with E-state index in [1.165, 1.54) is 36.4 Å². The van der Waals surface area contributed by atoms with Gasteiger partial charge in [0.25, 0.3) is 11.6 Å². The van der Waals surface area contributed by atoms with E-state index >= 15 is 0 Å². The number of aryl methyl sites for hydroxylation is 1. The normalized spacial score (nSPS) is 10.7. The van der Waals surface area contributed by atoms with E-state index in [0.717, 1.165) is 11.6 Å². The number of non-ortho nitro benzene ring substituents is 1. The van der Waals surface area contributed by atoms with Crippen LogP contribution in [-0.4, -0.2) is 16.8 Å². The summed E-state index contributed by atoms with van der Waals surface area (Å²) < 4.78 is 5.23. The number of anilines is 1. The van der Waals surface area contributed by atoms with Gasteiger partial charge in [-0.1, -0.05) is 30.3 Å². The molecule has 0 aliphatic heterocycles. The van der Waals surface area contributed by atoms with Gasteiger partial charge in [-0.05, 0) is 54.5 Å². The largest absolute Gasteiger partial charge is 0.423 e. The summed E-state index contributed by atoms with van der Waals surface area (Å²) in [5.41, 5.74) is 1.85. The lowest BCUT2D eigenvalue weighted by Crippen LogP contribution is -2.13. The van der Waals surface area contributed by atoms with Gasteiger partial charge >= 0.3 is 5.97 Å². The summed E-state index contributed by atoms with van der Waals surface area (Å²) in [5.74, 6) is -1.08. The average Bonchev–Trinajstić information content (AvgIpc) is 2.78. The predicted octanol–water partition coefficient (Wildman–Crippen LogP) is 4.67. The van der Waals surface area contributed by atoms with Gasteiger partial charge in [0.1, 0.15) is 17.4 Å². The van der Waals surface area contributed by atoms with Crippen LogP contribution in [0.2, 0.25) is 0 Å². The number of carbonyl (C=O) groups excluding carboxylic acids is 2. The number of carbonyl (C=O) groups is 2. The number of ether oxygens (including phenoxy) is 1. The second kappa shape index (κ2) is 9.82. The second-order valence-electron chi connectivity index (χ2n) is 6.76. The molecular formula is C24H17N3O5. The standard InChI is InChI=1S/C24H17N3O5/c1-16-4-2-6-20(12-16)26-23(28)19(15-25)13-17-8-10-22(11-9-17)32-24(29)18-5-3-7-21(14-18)27(30)31/h2-14H,1H3,(H,26,28)/b19-13+. The van der Waals surface area contributed by atoms with E-state index in [1.807, 2.05) is 19.1 Å². The second-order valence-corrected chi connectivity index (χ2v) is 6.76. The first-order valence-electron chi connectivity index (χ1n) is 9.42. The highest BCUT2D eigenvalue weighted by atomic mass is 16.6. The fraction of sp³-hybridized carbons (Fsp3) is 0.0417. The van der Waals surface area contributed by atoms with Crippen molar-refractivity contribution >= 4 is 29.3 Å². The summed E-state index contributed by atoms with van der Waals surface area (Å²) in [5, 5.41) is 22.9. The number of esters is 1. The molecule has 0 aliphatic carbocycles. The Labute approximate surface area is 183 Å². The van der Waals surface area contributed by atoms with E-state index in [0.29, 0.717) is 11.3 Å². The van der Waals surface area contributed by atoms with E-state index in [-0.39, 0.29) is 22.6 Å². The van der Waals surface area contributed by atoms with Gasteiger partial charge < -0.3 is 10.1 Å². The molecule has 0 saturated carbocycles. The van der Waals surface area contributed by atoms with Crippen LogP contribution in [0.5, 0.6) is 5.75 Å². The Balaban J connectivity index is 1.70. The summed E-state index contributed by atoms with van der Waals surface area (Å²) in [4.78, 5) is 34.9. The van der Waals surface area contributed by atoms with Crippen molar-refractivity contribution in [2.24, 2.45) is 0 Å². The fourth-order valence-electron chi connectivity index (χ4n) is 2.78. The van der Waals surface area contributed by atoms with Crippen molar-refractivity contribution in [1.82, 2.24) is 0 Å². The Morgan fingerprint density at radius 1 is 1.06 bits per heavy atom. The quantitative estimate of drug-likeness (QED) is 0.152. The molecule has 1 N–H and O–H groups in total. The zero-order valence-electron chi connectivity index (χ0n) is 16.9. The number of hydrogen-bond donors (Lipinski definition) is 1. The molecule has 0 bridgehead atoms. The van der Waals surface area contributed by atoms with Gasteiger partial charge in [-0.2, -0.15) is 5.26 Å². The molecule has 3 aromatic rings. The van der Waals surface area contributed by atoms with Crippen LogP contribution in [0.25, 0.3) is 6.08 Å². The maximum atomic E-state index is 12.4. The smallest absolute Gasteiger partial charge is 0.343 e. The molecule has 8 heteroatoms. The molecule has 3 rings (SSSR count). The molecule has 158 valence electrons. The molecule has 32 heavy (non-hydrogen) atoms. The fourth-order valence-corrected chi connectivity index (χ4v) is 2.78. The number of nitriles is 1. The van der Waals surface area contributed by atoms with Gasteiger partial charge in [-0.3, -0.25) is 14.9 Å². The lowest BCUT2D eigenvalue weighted by molar-refractivity contribution is -0.384.